The number of hydrogen-bond acceptors (Lipinski definition) is 2. The van der Waals surface area contributed by atoms with Gasteiger partial charge in [0.25, 0.3) is 0 Å². The molecule has 0 amide bonds. The Morgan fingerprint density at radius 3 is 2.08 bits per heavy atom. The van der Waals surface area contributed by atoms with Gasteiger partial charge in [0.05, 0.1) is 5.25 Å². The van der Waals surface area contributed by atoms with Gasteiger partial charge in [0.15, 0.2) is 0 Å². The fourth-order valence-electron chi connectivity index (χ4n) is 2.35. The smallest absolute Gasteiger partial charge is 0.212 e. The van der Waals surface area contributed by atoms with Crippen molar-refractivity contribution in [2.75, 3.05) is 0 Å². The normalized spacial score (nSPS) is 46.8. The predicted octanol–water partition coefficient (Wildman–Crippen LogP) is 0.556. The van der Waals surface area contributed by atoms with E-state index in [4.69, 9.17) is 5.14 Å². The molecule has 0 radical (unpaired) electrons. The summed E-state index contributed by atoms with van der Waals surface area (Å²) in [6.07, 6.45) is 1.53. The summed E-state index contributed by atoms with van der Waals surface area (Å²) in [6, 6.07) is 0. The van der Waals surface area contributed by atoms with E-state index in [0.29, 0.717) is 25.7 Å². The van der Waals surface area contributed by atoms with Crippen LogP contribution in [0.5, 0.6) is 0 Å². The van der Waals surface area contributed by atoms with Crippen LogP contribution in [0.1, 0.15) is 25.7 Å². The third-order valence-corrected chi connectivity index (χ3v) is 4.36. The fraction of sp³-hybridized carbons (Fsp3) is 1.00. The quantitative estimate of drug-likeness (QED) is 0.661. The Kier molecular flexibility index (Phi) is 1.55. The van der Waals surface area contributed by atoms with Gasteiger partial charge in [-0.1, -0.05) is 0 Å². The Balaban J connectivity index is 1.93. The van der Waals surface area contributed by atoms with Crippen LogP contribution >= 0.6 is 0 Å². The minimum Gasteiger partial charge on any atom is -0.247 e. The second-order valence-corrected chi connectivity index (χ2v) is 5.97. The molecule has 0 unspecified atom stereocenters. The maximum Gasteiger partial charge on any atom is 0.212 e. The highest BCUT2D eigenvalue weighted by molar-refractivity contribution is 7.89. The van der Waals surface area contributed by atoms with Crippen molar-refractivity contribution in [2.24, 2.45) is 10.6 Å². The average Bonchev–Trinajstić information content (AvgIpc) is 1.71. The van der Waals surface area contributed by atoms with Crippen molar-refractivity contribution >= 4 is 10.0 Å². The first-order valence-corrected chi connectivity index (χ1v) is 5.68. The van der Waals surface area contributed by atoms with Gasteiger partial charge in [0.1, 0.15) is 6.17 Å². The lowest BCUT2D eigenvalue weighted by Gasteiger charge is -2.54. The average molecular weight is 193 g/mol. The number of halogens is 1. The van der Waals surface area contributed by atoms with Crippen molar-refractivity contribution in [3.05, 3.63) is 0 Å². The molecule has 2 aliphatic carbocycles. The van der Waals surface area contributed by atoms with E-state index in [1.165, 1.54) is 0 Å². The van der Waals surface area contributed by atoms with E-state index in [9.17, 15) is 12.8 Å². The van der Waals surface area contributed by atoms with E-state index in [2.05, 4.69) is 0 Å². The molecule has 0 atom stereocenters. The van der Waals surface area contributed by atoms with Crippen LogP contribution in [-0.2, 0) is 10.0 Å². The standard InChI is InChI=1S/C7H12FNO2S/c8-5-1-7(2-5)3-6(4-7)12(9,10)11/h5-6H,1-4H2,(H2,9,10,11). The molecule has 1 spiro atoms. The number of rotatable bonds is 1. The summed E-state index contributed by atoms with van der Waals surface area (Å²) in [5.74, 6) is 0. The Morgan fingerprint density at radius 2 is 1.75 bits per heavy atom. The van der Waals surface area contributed by atoms with Gasteiger partial charge in [-0.2, -0.15) is 0 Å². The highest BCUT2D eigenvalue weighted by Crippen LogP contribution is 2.58. The van der Waals surface area contributed by atoms with Gasteiger partial charge in [0.2, 0.25) is 10.0 Å². The molecule has 0 aromatic rings. The first-order valence-electron chi connectivity index (χ1n) is 4.07. The molecule has 2 aliphatic rings. The first kappa shape index (κ1) is 8.44. The van der Waals surface area contributed by atoms with Crippen LogP contribution in [0.4, 0.5) is 4.39 Å². The first-order chi connectivity index (χ1) is 5.41. The summed E-state index contributed by atoms with van der Waals surface area (Å²) in [5, 5.41) is 4.56. The lowest BCUT2D eigenvalue weighted by atomic mass is 9.55. The minimum absolute atomic E-state index is 0.0104. The van der Waals surface area contributed by atoms with E-state index < -0.39 is 21.4 Å². The van der Waals surface area contributed by atoms with E-state index in [0.717, 1.165) is 0 Å². The lowest BCUT2D eigenvalue weighted by Crippen LogP contribution is -2.54. The largest absolute Gasteiger partial charge is 0.247 e. The number of nitrogens with two attached hydrogens (primary N) is 1. The SMILES string of the molecule is NS(=O)(=O)C1CC2(CC(F)C2)C1. The van der Waals surface area contributed by atoms with Gasteiger partial charge in [-0.25, -0.2) is 17.9 Å². The highest BCUT2D eigenvalue weighted by atomic mass is 32.2. The summed E-state index contributed by atoms with van der Waals surface area (Å²) < 4.78 is 34.1. The zero-order valence-electron chi connectivity index (χ0n) is 6.66. The summed E-state index contributed by atoms with van der Waals surface area (Å²) in [4.78, 5) is 0. The summed E-state index contributed by atoms with van der Waals surface area (Å²) in [6.45, 7) is 0. The molecule has 3 nitrogen and oxygen atoms in total. The van der Waals surface area contributed by atoms with Gasteiger partial charge in [-0.15, -0.1) is 0 Å². The van der Waals surface area contributed by atoms with Crippen molar-refractivity contribution in [3.8, 4) is 0 Å². The molecule has 2 saturated carbocycles. The van der Waals surface area contributed by atoms with Gasteiger partial charge in [0, 0.05) is 0 Å². The molecular formula is C7H12FNO2S. The van der Waals surface area contributed by atoms with E-state index in [1.807, 2.05) is 0 Å². The van der Waals surface area contributed by atoms with Gasteiger partial charge in [-0.05, 0) is 31.1 Å². The van der Waals surface area contributed by atoms with Gasteiger partial charge < -0.3 is 0 Å². The van der Waals surface area contributed by atoms with Crippen LogP contribution in [-0.4, -0.2) is 19.8 Å². The van der Waals surface area contributed by atoms with Gasteiger partial charge >= 0.3 is 0 Å². The van der Waals surface area contributed by atoms with Crippen molar-refractivity contribution in [3.63, 3.8) is 0 Å². The molecule has 12 heavy (non-hydrogen) atoms. The van der Waals surface area contributed by atoms with Crippen LogP contribution in [0.25, 0.3) is 0 Å². The number of hydrogen-bond donors (Lipinski definition) is 1. The van der Waals surface area contributed by atoms with Crippen molar-refractivity contribution in [1.82, 2.24) is 0 Å². The third-order valence-electron chi connectivity index (χ3n) is 3.09. The monoisotopic (exact) mass is 193 g/mol. The fourth-order valence-corrected chi connectivity index (χ4v) is 3.52. The van der Waals surface area contributed by atoms with Crippen LogP contribution in [0.3, 0.4) is 0 Å². The molecule has 0 aliphatic heterocycles. The summed E-state index contributed by atoms with van der Waals surface area (Å²) in [5.41, 5.74) is 0.0104. The minimum atomic E-state index is -3.35. The van der Waals surface area contributed by atoms with Crippen LogP contribution in [0.15, 0.2) is 0 Å². The number of sulfonamides is 1. The highest BCUT2D eigenvalue weighted by Gasteiger charge is 2.56. The molecule has 0 bridgehead atoms. The second-order valence-electron chi connectivity index (χ2n) is 4.12. The molecular weight excluding hydrogens is 181 g/mol. The second kappa shape index (κ2) is 2.20. The molecule has 2 N–H and O–H groups in total. The Hall–Kier alpha value is -0.160. The molecule has 0 aromatic carbocycles. The van der Waals surface area contributed by atoms with E-state index in [1.54, 1.807) is 0 Å². The zero-order valence-corrected chi connectivity index (χ0v) is 7.48. The molecule has 0 saturated heterocycles. The van der Waals surface area contributed by atoms with Crippen molar-refractivity contribution in [2.45, 2.75) is 37.1 Å². The predicted molar refractivity (Wildman–Crippen MR) is 42.7 cm³/mol. The van der Waals surface area contributed by atoms with Gasteiger partial charge in [-0.3, -0.25) is 0 Å². The Morgan fingerprint density at radius 1 is 1.25 bits per heavy atom. The van der Waals surface area contributed by atoms with Crippen LogP contribution < -0.4 is 5.14 Å². The van der Waals surface area contributed by atoms with Crippen molar-refractivity contribution in [1.29, 1.82) is 0 Å². The summed E-state index contributed by atoms with van der Waals surface area (Å²) in [7, 11) is -3.35. The van der Waals surface area contributed by atoms with E-state index in [-0.39, 0.29) is 5.41 Å². The number of primary sulfonamides is 1. The molecule has 70 valence electrons. The third kappa shape index (κ3) is 1.15. The van der Waals surface area contributed by atoms with Crippen LogP contribution in [0, 0.1) is 5.41 Å². The summed E-state index contributed by atoms with van der Waals surface area (Å²) >= 11 is 0. The van der Waals surface area contributed by atoms with Crippen LogP contribution in [0.2, 0.25) is 0 Å². The van der Waals surface area contributed by atoms with Crippen molar-refractivity contribution < 1.29 is 12.8 Å². The molecule has 2 rings (SSSR count). The maximum absolute atomic E-state index is 12.5. The molecule has 0 aromatic heterocycles. The Labute approximate surface area is 71.2 Å². The topological polar surface area (TPSA) is 60.2 Å². The van der Waals surface area contributed by atoms with E-state index >= 15 is 0 Å². The zero-order chi connectivity index (χ0) is 8.98. The molecule has 2 fully saturated rings. The maximum atomic E-state index is 12.5. The molecule has 0 heterocycles. The molecule has 5 heteroatoms. The number of alkyl halides is 1. The Bertz CT molecular complexity index is 287. The lowest BCUT2D eigenvalue weighted by molar-refractivity contribution is -0.0376.